The molecule has 3 rings (SSSR count). The average molecular weight is 178 g/mol. The van der Waals surface area contributed by atoms with Crippen LogP contribution >= 0.6 is 0 Å². The zero-order valence-electron chi connectivity index (χ0n) is 7.58. The standard InChI is InChI=1S/C9H14N4/c1-3-10-4-2-9(1)5-7(9)8-6-11-13-12-8/h6-7,10H,1-5H2,(H,11,12,13). The number of rotatable bonds is 1. The van der Waals surface area contributed by atoms with E-state index in [9.17, 15) is 0 Å². The molecule has 2 N–H and O–H groups in total. The first-order valence-electron chi connectivity index (χ1n) is 4.97. The highest BCUT2D eigenvalue weighted by Gasteiger charge is 2.55. The van der Waals surface area contributed by atoms with Crippen LogP contribution in [0.2, 0.25) is 0 Å². The number of hydrogen-bond acceptors (Lipinski definition) is 3. The number of piperidine rings is 1. The summed E-state index contributed by atoms with van der Waals surface area (Å²) in [6.45, 7) is 2.35. The predicted octanol–water partition coefficient (Wildman–Crippen LogP) is 0.662. The summed E-state index contributed by atoms with van der Waals surface area (Å²) in [7, 11) is 0. The van der Waals surface area contributed by atoms with Gasteiger partial charge in [-0.25, -0.2) is 0 Å². The van der Waals surface area contributed by atoms with Gasteiger partial charge in [0, 0.05) is 5.92 Å². The maximum atomic E-state index is 4.17. The Morgan fingerprint density at radius 2 is 2.23 bits per heavy atom. The molecule has 1 atom stereocenters. The number of nitrogens with one attached hydrogen (secondary N) is 2. The molecule has 13 heavy (non-hydrogen) atoms. The Labute approximate surface area is 77.1 Å². The summed E-state index contributed by atoms with van der Waals surface area (Å²) in [6, 6.07) is 0. The fourth-order valence-electron chi connectivity index (χ4n) is 2.62. The SMILES string of the molecule is c1n[nH]nc1C1CC12CCNCC2. The molecule has 2 heterocycles. The Morgan fingerprint density at radius 1 is 1.38 bits per heavy atom. The topological polar surface area (TPSA) is 53.6 Å². The van der Waals surface area contributed by atoms with Gasteiger partial charge in [-0.05, 0) is 37.8 Å². The van der Waals surface area contributed by atoms with Gasteiger partial charge < -0.3 is 5.32 Å². The lowest BCUT2D eigenvalue weighted by atomic mass is 9.91. The highest BCUT2D eigenvalue weighted by Crippen LogP contribution is 2.63. The molecule has 2 aliphatic rings. The third kappa shape index (κ3) is 1.09. The minimum Gasteiger partial charge on any atom is -0.317 e. The van der Waals surface area contributed by atoms with Gasteiger partial charge in [-0.1, -0.05) is 0 Å². The number of aromatic nitrogens is 3. The number of aromatic amines is 1. The van der Waals surface area contributed by atoms with Crippen molar-refractivity contribution < 1.29 is 0 Å². The number of nitrogens with zero attached hydrogens (tertiary/aromatic N) is 2. The lowest BCUT2D eigenvalue weighted by molar-refractivity contribution is 0.341. The van der Waals surface area contributed by atoms with Gasteiger partial charge in [-0.3, -0.25) is 0 Å². The van der Waals surface area contributed by atoms with Crippen LogP contribution in [0.3, 0.4) is 0 Å². The molecular formula is C9H14N4. The van der Waals surface area contributed by atoms with Gasteiger partial charge in [0.05, 0.1) is 11.9 Å². The van der Waals surface area contributed by atoms with Crippen molar-refractivity contribution in [1.82, 2.24) is 20.7 Å². The van der Waals surface area contributed by atoms with E-state index in [2.05, 4.69) is 20.7 Å². The van der Waals surface area contributed by atoms with Crippen LogP contribution in [0, 0.1) is 5.41 Å². The van der Waals surface area contributed by atoms with Crippen molar-refractivity contribution in [2.45, 2.75) is 25.2 Å². The molecule has 1 saturated carbocycles. The van der Waals surface area contributed by atoms with E-state index < -0.39 is 0 Å². The van der Waals surface area contributed by atoms with E-state index in [1.807, 2.05) is 6.20 Å². The lowest BCUT2D eigenvalue weighted by Gasteiger charge is -2.22. The van der Waals surface area contributed by atoms with Crippen LogP contribution in [0.5, 0.6) is 0 Å². The van der Waals surface area contributed by atoms with Gasteiger partial charge in [0.25, 0.3) is 0 Å². The van der Waals surface area contributed by atoms with E-state index in [0.29, 0.717) is 11.3 Å². The van der Waals surface area contributed by atoms with Crippen LogP contribution in [0.15, 0.2) is 6.20 Å². The van der Waals surface area contributed by atoms with Crippen LogP contribution in [0.25, 0.3) is 0 Å². The first-order chi connectivity index (χ1) is 6.41. The third-order valence-corrected chi connectivity index (χ3v) is 3.58. The fraction of sp³-hybridized carbons (Fsp3) is 0.778. The van der Waals surface area contributed by atoms with Gasteiger partial charge in [-0.2, -0.15) is 15.4 Å². The molecule has 0 bridgehead atoms. The normalized spacial score (nSPS) is 30.6. The molecule has 1 aliphatic carbocycles. The van der Waals surface area contributed by atoms with E-state index in [0.717, 1.165) is 0 Å². The molecule has 0 aromatic carbocycles. The average Bonchev–Trinajstić information content (AvgIpc) is 2.68. The van der Waals surface area contributed by atoms with Crippen molar-refractivity contribution in [3.63, 3.8) is 0 Å². The fourth-order valence-corrected chi connectivity index (χ4v) is 2.62. The second-order valence-corrected chi connectivity index (χ2v) is 4.26. The van der Waals surface area contributed by atoms with Crippen LogP contribution < -0.4 is 5.32 Å². The maximum Gasteiger partial charge on any atom is 0.0861 e. The largest absolute Gasteiger partial charge is 0.317 e. The molecule has 1 aromatic rings. The van der Waals surface area contributed by atoms with E-state index in [1.54, 1.807) is 0 Å². The smallest absolute Gasteiger partial charge is 0.0861 e. The van der Waals surface area contributed by atoms with Crippen LogP contribution in [0.4, 0.5) is 0 Å². The Morgan fingerprint density at radius 3 is 2.92 bits per heavy atom. The van der Waals surface area contributed by atoms with E-state index in [-0.39, 0.29) is 0 Å². The molecule has 1 spiro atoms. The molecule has 0 amide bonds. The van der Waals surface area contributed by atoms with Crippen molar-refractivity contribution in [2.75, 3.05) is 13.1 Å². The Kier molecular flexibility index (Phi) is 1.47. The number of H-pyrrole nitrogens is 1. The van der Waals surface area contributed by atoms with Gasteiger partial charge in [0.15, 0.2) is 0 Å². The summed E-state index contributed by atoms with van der Waals surface area (Å²) in [4.78, 5) is 0. The van der Waals surface area contributed by atoms with Crippen molar-refractivity contribution >= 4 is 0 Å². The van der Waals surface area contributed by atoms with Crippen molar-refractivity contribution in [2.24, 2.45) is 5.41 Å². The predicted molar refractivity (Wildman–Crippen MR) is 48.3 cm³/mol. The highest BCUT2D eigenvalue weighted by atomic mass is 15.3. The van der Waals surface area contributed by atoms with E-state index in [1.165, 1.54) is 38.0 Å². The minimum absolute atomic E-state index is 0.585. The Hall–Kier alpha value is -0.900. The first kappa shape index (κ1) is 7.50. The van der Waals surface area contributed by atoms with E-state index in [4.69, 9.17) is 0 Å². The summed E-state index contributed by atoms with van der Waals surface area (Å²) in [5, 5.41) is 14.1. The summed E-state index contributed by atoms with van der Waals surface area (Å²) in [6.07, 6.45) is 5.82. The molecule has 1 aromatic heterocycles. The van der Waals surface area contributed by atoms with Crippen molar-refractivity contribution in [1.29, 1.82) is 0 Å². The molecule has 70 valence electrons. The summed E-state index contributed by atoms with van der Waals surface area (Å²) in [5.74, 6) is 0.688. The highest BCUT2D eigenvalue weighted by molar-refractivity contribution is 5.21. The molecular weight excluding hydrogens is 164 g/mol. The third-order valence-electron chi connectivity index (χ3n) is 3.58. The van der Waals surface area contributed by atoms with Gasteiger partial charge in [0.1, 0.15) is 0 Å². The van der Waals surface area contributed by atoms with Gasteiger partial charge in [0.2, 0.25) is 0 Å². The molecule has 2 fully saturated rings. The lowest BCUT2D eigenvalue weighted by Crippen LogP contribution is -2.29. The van der Waals surface area contributed by atoms with E-state index >= 15 is 0 Å². The second-order valence-electron chi connectivity index (χ2n) is 4.26. The van der Waals surface area contributed by atoms with Crippen LogP contribution in [-0.2, 0) is 0 Å². The van der Waals surface area contributed by atoms with Crippen LogP contribution in [-0.4, -0.2) is 28.5 Å². The maximum absolute atomic E-state index is 4.17. The molecule has 1 unspecified atom stereocenters. The summed E-state index contributed by atoms with van der Waals surface area (Å²) >= 11 is 0. The second kappa shape index (κ2) is 2.54. The van der Waals surface area contributed by atoms with Gasteiger partial charge in [-0.15, -0.1) is 0 Å². The number of hydrogen-bond donors (Lipinski definition) is 2. The Balaban J connectivity index is 1.77. The molecule has 4 nitrogen and oxygen atoms in total. The zero-order valence-corrected chi connectivity index (χ0v) is 7.58. The van der Waals surface area contributed by atoms with Gasteiger partial charge >= 0.3 is 0 Å². The molecule has 0 radical (unpaired) electrons. The summed E-state index contributed by atoms with van der Waals surface area (Å²) in [5.41, 5.74) is 1.75. The molecule has 4 heteroatoms. The minimum atomic E-state index is 0.585. The van der Waals surface area contributed by atoms with Crippen LogP contribution in [0.1, 0.15) is 30.9 Å². The molecule has 1 saturated heterocycles. The first-order valence-corrected chi connectivity index (χ1v) is 4.97. The van der Waals surface area contributed by atoms with Crippen molar-refractivity contribution in [3.05, 3.63) is 11.9 Å². The summed E-state index contributed by atoms with van der Waals surface area (Å²) < 4.78 is 0. The quantitative estimate of drug-likeness (QED) is 0.664. The monoisotopic (exact) mass is 178 g/mol. The Bertz CT molecular complexity index is 287. The van der Waals surface area contributed by atoms with Crippen molar-refractivity contribution in [3.8, 4) is 0 Å². The molecule has 1 aliphatic heterocycles. The zero-order chi connectivity index (χ0) is 8.73.